The number of halogens is 2. The predicted molar refractivity (Wildman–Crippen MR) is 62.7 cm³/mol. The zero-order valence-electron chi connectivity index (χ0n) is 9.87. The maximum absolute atomic E-state index is 13.6. The average Bonchev–Trinajstić information content (AvgIpc) is 2.30. The van der Waals surface area contributed by atoms with Crippen molar-refractivity contribution >= 4 is 5.82 Å². The molecule has 0 saturated carbocycles. The summed E-state index contributed by atoms with van der Waals surface area (Å²) in [6.07, 6.45) is 2.82. The van der Waals surface area contributed by atoms with Crippen LogP contribution < -0.4 is 10.6 Å². The van der Waals surface area contributed by atoms with Crippen LogP contribution in [0.3, 0.4) is 0 Å². The van der Waals surface area contributed by atoms with E-state index in [1.54, 1.807) is 0 Å². The molecule has 0 aromatic carbocycles. The van der Waals surface area contributed by atoms with E-state index in [4.69, 9.17) is 5.73 Å². The van der Waals surface area contributed by atoms with Gasteiger partial charge in [-0.05, 0) is 12.3 Å². The molecule has 3 nitrogen and oxygen atoms in total. The molecule has 2 heterocycles. The van der Waals surface area contributed by atoms with Gasteiger partial charge in [0.1, 0.15) is 5.82 Å². The van der Waals surface area contributed by atoms with Crippen LogP contribution in [0.5, 0.6) is 0 Å². The summed E-state index contributed by atoms with van der Waals surface area (Å²) in [5, 5.41) is 0. The highest BCUT2D eigenvalue weighted by molar-refractivity contribution is 5.40. The standard InChI is InChI=1S/C12H17F2N3/c1-2-8-7-17(4-3-11(8)15)12-10(14)5-9(13)6-16-12/h5-6,8,11H,2-4,7,15H2,1H3. The molecular weight excluding hydrogens is 224 g/mol. The third kappa shape index (κ3) is 2.54. The molecule has 0 spiro atoms. The van der Waals surface area contributed by atoms with Crippen molar-refractivity contribution in [2.45, 2.75) is 25.8 Å². The Morgan fingerprint density at radius 3 is 2.94 bits per heavy atom. The second-order valence-electron chi connectivity index (χ2n) is 4.53. The molecule has 2 N–H and O–H groups in total. The summed E-state index contributed by atoms with van der Waals surface area (Å²) < 4.78 is 26.4. The van der Waals surface area contributed by atoms with Gasteiger partial charge < -0.3 is 10.6 Å². The molecule has 1 aromatic rings. The largest absolute Gasteiger partial charge is 0.354 e. The first-order chi connectivity index (χ1) is 8.11. The second-order valence-corrected chi connectivity index (χ2v) is 4.53. The highest BCUT2D eigenvalue weighted by atomic mass is 19.1. The fourth-order valence-corrected chi connectivity index (χ4v) is 2.31. The summed E-state index contributed by atoms with van der Waals surface area (Å²) in [6, 6.07) is 1.04. The minimum atomic E-state index is -0.646. The number of pyridine rings is 1. The lowest BCUT2D eigenvalue weighted by atomic mass is 9.91. The smallest absolute Gasteiger partial charge is 0.168 e. The van der Waals surface area contributed by atoms with E-state index in [-0.39, 0.29) is 11.9 Å². The maximum Gasteiger partial charge on any atom is 0.168 e. The molecule has 1 fully saturated rings. The van der Waals surface area contributed by atoms with E-state index < -0.39 is 11.6 Å². The van der Waals surface area contributed by atoms with Gasteiger partial charge in [-0.3, -0.25) is 0 Å². The lowest BCUT2D eigenvalue weighted by Crippen LogP contribution is -2.47. The number of piperidine rings is 1. The number of rotatable bonds is 2. The number of anilines is 1. The molecule has 1 aromatic heterocycles. The molecule has 2 rings (SSSR count). The topological polar surface area (TPSA) is 42.2 Å². The van der Waals surface area contributed by atoms with Crippen molar-refractivity contribution in [3.05, 3.63) is 23.9 Å². The number of nitrogens with two attached hydrogens (primary N) is 1. The molecule has 0 amide bonds. The fraction of sp³-hybridized carbons (Fsp3) is 0.583. The van der Waals surface area contributed by atoms with Crippen LogP contribution in [0.1, 0.15) is 19.8 Å². The quantitative estimate of drug-likeness (QED) is 0.860. The van der Waals surface area contributed by atoms with Crippen molar-refractivity contribution in [2.75, 3.05) is 18.0 Å². The Morgan fingerprint density at radius 1 is 1.53 bits per heavy atom. The number of nitrogens with zero attached hydrogens (tertiary/aromatic N) is 2. The second kappa shape index (κ2) is 4.96. The van der Waals surface area contributed by atoms with Crippen LogP contribution in [0.2, 0.25) is 0 Å². The van der Waals surface area contributed by atoms with Gasteiger partial charge in [0.25, 0.3) is 0 Å². The third-order valence-corrected chi connectivity index (χ3v) is 3.41. The molecule has 17 heavy (non-hydrogen) atoms. The summed E-state index contributed by atoms with van der Waals surface area (Å²) >= 11 is 0. The zero-order chi connectivity index (χ0) is 12.4. The summed E-state index contributed by atoms with van der Waals surface area (Å²) in [5.41, 5.74) is 5.99. The van der Waals surface area contributed by atoms with Gasteiger partial charge in [0.2, 0.25) is 0 Å². The van der Waals surface area contributed by atoms with Crippen molar-refractivity contribution in [3.8, 4) is 0 Å². The lowest BCUT2D eigenvalue weighted by molar-refractivity contribution is 0.344. The Bertz CT molecular complexity index is 397. The molecule has 0 radical (unpaired) electrons. The molecule has 1 aliphatic heterocycles. The predicted octanol–water partition coefficient (Wildman–Crippen LogP) is 1.92. The monoisotopic (exact) mass is 241 g/mol. The Balaban J connectivity index is 2.17. The Kier molecular flexibility index (Phi) is 3.57. The Morgan fingerprint density at radius 2 is 2.29 bits per heavy atom. The van der Waals surface area contributed by atoms with Crippen LogP contribution >= 0.6 is 0 Å². The van der Waals surface area contributed by atoms with Crippen LogP contribution in [-0.2, 0) is 0 Å². The Labute approximate surface area is 99.6 Å². The van der Waals surface area contributed by atoms with Crippen molar-refractivity contribution in [3.63, 3.8) is 0 Å². The fourth-order valence-electron chi connectivity index (χ4n) is 2.31. The summed E-state index contributed by atoms with van der Waals surface area (Å²) in [6.45, 7) is 3.43. The highest BCUT2D eigenvalue weighted by Crippen LogP contribution is 2.25. The van der Waals surface area contributed by atoms with Gasteiger partial charge >= 0.3 is 0 Å². The van der Waals surface area contributed by atoms with E-state index >= 15 is 0 Å². The van der Waals surface area contributed by atoms with E-state index in [9.17, 15) is 8.78 Å². The first-order valence-electron chi connectivity index (χ1n) is 5.93. The van der Waals surface area contributed by atoms with E-state index in [1.807, 2.05) is 4.90 Å². The lowest BCUT2D eigenvalue weighted by Gasteiger charge is -2.37. The molecule has 2 unspecified atom stereocenters. The molecular formula is C12H17F2N3. The van der Waals surface area contributed by atoms with Crippen molar-refractivity contribution in [2.24, 2.45) is 11.7 Å². The van der Waals surface area contributed by atoms with Gasteiger partial charge in [-0.25, -0.2) is 13.8 Å². The summed E-state index contributed by atoms with van der Waals surface area (Å²) in [7, 11) is 0. The van der Waals surface area contributed by atoms with E-state index in [0.717, 1.165) is 25.1 Å². The zero-order valence-corrected chi connectivity index (χ0v) is 9.87. The first-order valence-corrected chi connectivity index (χ1v) is 5.93. The van der Waals surface area contributed by atoms with Gasteiger partial charge in [-0.2, -0.15) is 0 Å². The van der Waals surface area contributed by atoms with E-state index in [0.29, 0.717) is 19.0 Å². The first kappa shape index (κ1) is 12.2. The van der Waals surface area contributed by atoms with Gasteiger partial charge in [0.05, 0.1) is 6.20 Å². The molecule has 0 aliphatic carbocycles. The van der Waals surface area contributed by atoms with Crippen molar-refractivity contribution in [1.29, 1.82) is 0 Å². The SMILES string of the molecule is CCC1CN(c2ncc(F)cc2F)CCC1N. The van der Waals surface area contributed by atoms with Crippen molar-refractivity contribution in [1.82, 2.24) is 4.98 Å². The minimum absolute atomic E-state index is 0.166. The van der Waals surface area contributed by atoms with Gasteiger partial charge in [-0.1, -0.05) is 13.3 Å². The molecule has 5 heteroatoms. The number of hydrogen-bond donors (Lipinski definition) is 1. The highest BCUT2D eigenvalue weighted by Gasteiger charge is 2.27. The van der Waals surface area contributed by atoms with Gasteiger partial charge in [0, 0.05) is 25.2 Å². The van der Waals surface area contributed by atoms with Crippen LogP contribution in [0, 0.1) is 17.6 Å². The van der Waals surface area contributed by atoms with Gasteiger partial charge in [-0.15, -0.1) is 0 Å². The van der Waals surface area contributed by atoms with Gasteiger partial charge in [0.15, 0.2) is 11.6 Å². The number of aromatic nitrogens is 1. The molecule has 94 valence electrons. The number of hydrogen-bond acceptors (Lipinski definition) is 3. The molecule has 2 atom stereocenters. The average molecular weight is 241 g/mol. The normalized spacial score (nSPS) is 25.1. The molecule has 1 saturated heterocycles. The van der Waals surface area contributed by atoms with E-state index in [2.05, 4.69) is 11.9 Å². The van der Waals surface area contributed by atoms with Crippen LogP contribution in [-0.4, -0.2) is 24.1 Å². The third-order valence-electron chi connectivity index (χ3n) is 3.41. The minimum Gasteiger partial charge on any atom is -0.354 e. The van der Waals surface area contributed by atoms with Crippen molar-refractivity contribution < 1.29 is 8.78 Å². The van der Waals surface area contributed by atoms with Crippen LogP contribution in [0.25, 0.3) is 0 Å². The Hall–Kier alpha value is -1.23. The maximum atomic E-state index is 13.6. The summed E-state index contributed by atoms with van der Waals surface area (Å²) in [4.78, 5) is 5.68. The molecule has 1 aliphatic rings. The van der Waals surface area contributed by atoms with E-state index in [1.165, 1.54) is 0 Å². The summed E-state index contributed by atoms with van der Waals surface area (Å²) in [5.74, 6) is -0.672. The molecule has 0 bridgehead atoms. The van der Waals surface area contributed by atoms with Crippen LogP contribution in [0.4, 0.5) is 14.6 Å². The van der Waals surface area contributed by atoms with Crippen LogP contribution in [0.15, 0.2) is 12.3 Å².